The number of nitrogens with two attached hydrogens (primary N) is 1. The molecule has 10 heteroatoms. The molecular weight excluding hydrogens is 397 g/mol. The molecule has 0 bridgehead atoms. The van der Waals surface area contributed by atoms with E-state index in [0.717, 1.165) is 11.3 Å². The maximum Gasteiger partial charge on any atom is 0.292 e. The summed E-state index contributed by atoms with van der Waals surface area (Å²) in [6, 6.07) is 2.64. The number of nitrogens with one attached hydrogen (secondary N) is 1. The number of rotatable bonds is 5. The molecule has 0 radical (unpaired) electrons. The minimum atomic E-state index is -1.33. The van der Waals surface area contributed by atoms with Crippen molar-refractivity contribution in [1.82, 2.24) is 4.98 Å². The molecule has 0 aliphatic heterocycles. The first-order chi connectivity index (χ1) is 11.2. The second-order valence-corrected chi connectivity index (χ2v) is 6.83. The molecule has 1 aromatic carbocycles. The molecule has 126 valence electrons. The van der Waals surface area contributed by atoms with E-state index >= 15 is 0 Å². The number of thiazole rings is 1. The molecule has 0 spiro atoms. The zero-order valence-electron chi connectivity index (χ0n) is 12.1. The van der Waals surface area contributed by atoms with Crippen LogP contribution in [0.1, 0.15) is 18.5 Å². The van der Waals surface area contributed by atoms with Crippen LogP contribution in [-0.4, -0.2) is 22.5 Å². The third-order valence-corrected chi connectivity index (χ3v) is 4.71. The van der Waals surface area contributed by atoms with E-state index in [4.69, 9.17) is 40.5 Å². The number of amides is 1. The largest absolute Gasteiger partial charge is 0.375 e. The Bertz CT molecular complexity index is 838. The van der Waals surface area contributed by atoms with Gasteiger partial charge in [0.1, 0.15) is 11.7 Å². The first kappa shape index (κ1) is 18.7. The average molecular weight is 407 g/mol. The molecule has 0 fully saturated rings. The van der Waals surface area contributed by atoms with Gasteiger partial charge in [0, 0.05) is 5.38 Å². The number of ketones is 2. The van der Waals surface area contributed by atoms with Crippen molar-refractivity contribution in [1.29, 1.82) is 0 Å². The molecule has 0 aliphatic carbocycles. The molecule has 1 heterocycles. The Kier molecular flexibility index (Phi) is 5.82. The van der Waals surface area contributed by atoms with Crippen molar-refractivity contribution < 1.29 is 14.4 Å². The number of benzene rings is 1. The molecule has 6 nitrogen and oxygen atoms in total. The summed E-state index contributed by atoms with van der Waals surface area (Å²) in [6.45, 7) is 1.19. The van der Waals surface area contributed by atoms with Crippen LogP contribution in [0.25, 0.3) is 0 Å². The molecule has 0 saturated heterocycles. The second kappa shape index (κ2) is 7.48. The van der Waals surface area contributed by atoms with Crippen molar-refractivity contribution in [3.05, 3.63) is 38.3 Å². The van der Waals surface area contributed by atoms with Gasteiger partial charge in [-0.2, -0.15) is 0 Å². The Balaban J connectivity index is 2.26. The average Bonchev–Trinajstić information content (AvgIpc) is 2.90. The van der Waals surface area contributed by atoms with Crippen LogP contribution in [0, 0.1) is 0 Å². The lowest BCUT2D eigenvalue weighted by Crippen LogP contribution is -2.32. The number of nitrogens with zero attached hydrogens (tertiary/aromatic N) is 1. The van der Waals surface area contributed by atoms with Gasteiger partial charge in [0.25, 0.3) is 5.91 Å². The van der Waals surface area contributed by atoms with Crippen LogP contribution in [0.15, 0.2) is 17.5 Å². The number of aromatic nitrogens is 1. The smallest absolute Gasteiger partial charge is 0.292 e. The molecule has 3 N–H and O–H groups in total. The van der Waals surface area contributed by atoms with Gasteiger partial charge in [0.15, 0.2) is 5.13 Å². The van der Waals surface area contributed by atoms with E-state index in [2.05, 4.69) is 10.3 Å². The molecule has 2 aromatic rings. The van der Waals surface area contributed by atoms with Gasteiger partial charge in [-0.05, 0) is 19.1 Å². The first-order valence-corrected chi connectivity index (χ1v) is 8.43. The van der Waals surface area contributed by atoms with Gasteiger partial charge in [-0.25, -0.2) is 4.98 Å². The van der Waals surface area contributed by atoms with E-state index in [9.17, 15) is 14.4 Å². The summed E-state index contributed by atoms with van der Waals surface area (Å²) >= 11 is 18.7. The monoisotopic (exact) mass is 405 g/mol. The number of carbonyl (C=O) groups is 3. The van der Waals surface area contributed by atoms with Crippen molar-refractivity contribution in [2.45, 2.75) is 12.8 Å². The minimum Gasteiger partial charge on any atom is -0.375 e. The number of hydrogen-bond donors (Lipinski definition) is 2. The first-order valence-electron chi connectivity index (χ1n) is 6.41. The Morgan fingerprint density at radius 1 is 1.17 bits per heavy atom. The molecule has 1 amide bonds. The Morgan fingerprint density at radius 2 is 1.79 bits per heavy atom. The topological polar surface area (TPSA) is 102 Å². The van der Waals surface area contributed by atoms with E-state index in [1.807, 2.05) is 0 Å². The van der Waals surface area contributed by atoms with Crippen molar-refractivity contribution in [3.63, 3.8) is 0 Å². The van der Waals surface area contributed by atoms with Crippen LogP contribution in [0.5, 0.6) is 0 Å². The lowest BCUT2D eigenvalue weighted by Gasteiger charge is -2.12. The van der Waals surface area contributed by atoms with Gasteiger partial charge in [0.05, 0.1) is 26.4 Å². The van der Waals surface area contributed by atoms with Crippen molar-refractivity contribution in [2.24, 2.45) is 0 Å². The van der Waals surface area contributed by atoms with Gasteiger partial charge in [-0.3, -0.25) is 14.4 Å². The summed E-state index contributed by atoms with van der Waals surface area (Å²) < 4.78 is 0. The quantitative estimate of drug-likeness (QED) is 0.449. The van der Waals surface area contributed by atoms with Crippen LogP contribution >= 0.6 is 46.1 Å². The number of anilines is 2. The van der Waals surface area contributed by atoms with Crippen LogP contribution < -0.4 is 11.1 Å². The van der Waals surface area contributed by atoms with Crippen LogP contribution in [0.3, 0.4) is 0 Å². The Hall–Kier alpha value is -1.67. The van der Waals surface area contributed by atoms with E-state index in [1.54, 1.807) is 0 Å². The highest BCUT2D eigenvalue weighted by Gasteiger charge is 2.33. The fraction of sp³-hybridized carbons (Fsp3) is 0.143. The summed E-state index contributed by atoms with van der Waals surface area (Å²) in [5.74, 6) is -3.86. The predicted molar refractivity (Wildman–Crippen MR) is 95.1 cm³/mol. The summed E-state index contributed by atoms with van der Waals surface area (Å²) in [5.41, 5.74) is 5.74. The van der Waals surface area contributed by atoms with Gasteiger partial charge < -0.3 is 11.1 Å². The summed E-state index contributed by atoms with van der Waals surface area (Å²) in [7, 11) is 0. The van der Waals surface area contributed by atoms with Crippen molar-refractivity contribution in [2.75, 3.05) is 11.1 Å². The molecule has 1 atom stereocenters. The highest BCUT2D eigenvalue weighted by molar-refractivity contribution is 7.13. The van der Waals surface area contributed by atoms with E-state index in [0.29, 0.717) is 0 Å². The molecule has 0 aliphatic rings. The van der Waals surface area contributed by atoms with E-state index in [1.165, 1.54) is 24.4 Å². The van der Waals surface area contributed by atoms with E-state index < -0.39 is 23.4 Å². The predicted octanol–water partition coefficient (Wildman–Crippen LogP) is 3.57. The SMILES string of the molecule is CC(=O)[C@@H](C(=O)C(=O)Nc1cc(Cl)c(Cl)cc1Cl)c1csc(N)n1. The number of halogens is 3. The van der Waals surface area contributed by atoms with Crippen molar-refractivity contribution >= 4 is 74.4 Å². The van der Waals surface area contributed by atoms with E-state index in [-0.39, 0.29) is 31.6 Å². The Labute approximate surface area is 155 Å². The zero-order chi connectivity index (χ0) is 18.0. The standard InChI is InChI=1S/C14H10Cl3N3O3S/c1-5(21)11(10-4-24-14(18)20-10)12(22)13(23)19-9-3-7(16)6(15)2-8(9)17/h2-4,11H,1H3,(H2,18,20)(H,19,23)/t11-/m1/s1. The lowest BCUT2D eigenvalue weighted by molar-refractivity contribution is -0.138. The summed E-state index contributed by atoms with van der Waals surface area (Å²) in [4.78, 5) is 40.2. The van der Waals surface area contributed by atoms with Gasteiger partial charge in [0.2, 0.25) is 5.78 Å². The number of nitrogen functional groups attached to an aromatic ring is 1. The molecular formula is C14H10Cl3N3O3S. The maximum atomic E-state index is 12.4. The molecule has 0 unspecified atom stereocenters. The molecule has 1 aromatic heterocycles. The summed E-state index contributed by atoms with van der Waals surface area (Å²) in [5, 5.41) is 4.42. The van der Waals surface area contributed by atoms with Gasteiger partial charge >= 0.3 is 0 Å². The zero-order valence-corrected chi connectivity index (χ0v) is 15.2. The van der Waals surface area contributed by atoms with Crippen LogP contribution in [0.4, 0.5) is 10.8 Å². The molecule has 2 rings (SSSR count). The van der Waals surface area contributed by atoms with Crippen LogP contribution in [0.2, 0.25) is 15.1 Å². The molecule has 24 heavy (non-hydrogen) atoms. The summed E-state index contributed by atoms with van der Waals surface area (Å²) in [6.07, 6.45) is 0. The third-order valence-electron chi connectivity index (χ3n) is 2.99. The van der Waals surface area contributed by atoms with Gasteiger partial charge in [-0.15, -0.1) is 11.3 Å². The highest BCUT2D eigenvalue weighted by Crippen LogP contribution is 2.32. The highest BCUT2D eigenvalue weighted by atomic mass is 35.5. The van der Waals surface area contributed by atoms with Crippen molar-refractivity contribution in [3.8, 4) is 0 Å². The number of carbonyl (C=O) groups excluding carboxylic acids is 3. The van der Waals surface area contributed by atoms with Crippen LogP contribution in [-0.2, 0) is 14.4 Å². The number of hydrogen-bond acceptors (Lipinski definition) is 6. The normalized spacial score (nSPS) is 11.8. The minimum absolute atomic E-state index is 0.0998. The third kappa shape index (κ3) is 4.05. The maximum absolute atomic E-state index is 12.4. The fourth-order valence-electron chi connectivity index (χ4n) is 1.89. The lowest BCUT2D eigenvalue weighted by atomic mass is 9.96. The second-order valence-electron chi connectivity index (χ2n) is 4.72. The van der Waals surface area contributed by atoms with Gasteiger partial charge in [-0.1, -0.05) is 34.8 Å². The molecule has 0 saturated carbocycles. The fourth-order valence-corrected chi connectivity index (χ4v) is 3.08. The number of Topliss-reactive ketones (excluding diaryl/α,β-unsaturated/α-hetero) is 2. The Morgan fingerprint density at radius 3 is 2.33 bits per heavy atom.